The summed E-state index contributed by atoms with van der Waals surface area (Å²) in [5, 5.41) is 11.4. The minimum absolute atomic E-state index is 0.00959. The molecule has 2 saturated carbocycles. The van der Waals surface area contributed by atoms with E-state index in [1.807, 2.05) is 20.8 Å². The van der Waals surface area contributed by atoms with E-state index in [9.17, 15) is 9.90 Å². The topological polar surface area (TPSA) is 55.8 Å². The Bertz CT molecular complexity index is 537. The minimum atomic E-state index is -0.934. The molecule has 0 aromatic carbocycles. The van der Waals surface area contributed by atoms with Gasteiger partial charge < -0.3 is 14.6 Å². The van der Waals surface area contributed by atoms with Crippen LogP contribution < -0.4 is 0 Å². The summed E-state index contributed by atoms with van der Waals surface area (Å²) in [4.78, 5) is 13.1. The number of rotatable bonds is 0. The Morgan fingerprint density at radius 2 is 1.87 bits per heavy atom. The number of hydrogen-bond acceptors (Lipinski definition) is 4. The van der Waals surface area contributed by atoms with Gasteiger partial charge >= 0.3 is 0 Å². The first-order valence-electron chi connectivity index (χ1n) is 9.26. The van der Waals surface area contributed by atoms with E-state index in [0.717, 1.165) is 19.4 Å². The van der Waals surface area contributed by atoms with Crippen LogP contribution in [-0.4, -0.2) is 35.0 Å². The molecule has 4 rings (SSSR count). The van der Waals surface area contributed by atoms with E-state index in [4.69, 9.17) is 9.47 Å². The second-order valence-corrected chi connectivity index (χ2v) is 9.01. The van der Waals surface area contributed by atoms with Crippen molar-refractivity contribution in [3.8, 4) is 0 Å². The molecule has 130 valence electrons. The van der Waals surface area contributed by atoms with Gasteiger partial charge in [0.15, 0.2) is 5.79 Å². The fourth-order valence-electron chi connectivity index (χ4n) is 6.37. The normalized spacial score (nSPS) is 61.9. The first kappa shape index (κ1) is 16.0. The van der Waals surface area contributed by atoms with Gasteiger partial charge in [0, 0.05) is 30.6 Å². The van der Waals surface area contributed by atoms with Crippen LogP contribution in [-0.2, 0) is 14.3 Å². The number of ether oxygens (including phenoxy) is 2. The van der Waals surface area contributed by atoms with E-state index >= 15 is 0 Å². The first-order valence-corrected chi connectivity index (χ1v) is 9.26. The average Bonchev–Trinajstić information content (AvgIpc) is 2.95. The summed E-state index contributed by atoms with van der Waals surface area (Å²) in [5.74, 6) is 0.351. The van der Waals surface area contributed by atoms with Crippen LogP contribution in [0, 0.1) is 35.0 Å². The predicted octanol–water partition coefficient (Wildman–Crippen LogP) is 2.78. The molecule has 2 saturated heterocycles. The van der Waals surface area contributed by atoms with Gasteiger partial charge in [0.1, 0.15) is 5.78 Å². The molecule has 2 heterocycles. The highest BCUT2D eigenvalue weighted by molar-refractivity contribution is 5.92. The van der Waals surface area contributed by atoms with Crippen molar-refractivity contribution in [2.24, 2.45) is 35.0 Å². The SMILES string of the molecule is CC1CC[C@@]2(OC1)O[C@H]1C[C@]3(O)C(C)C(C)C(=O)[C@]3(C)[C@H]1[C@@H]2C. The van der Waals surface area contributed by atoms with Crippen molar-refractivity contribution in [2.75, 3.05) is 6.61 Å². The molecule has 0 bridgehead atoms. The number of Topliss-reactive ketones (excluding diaryl/α,β-unsaturated/α-hetero) is 1. The summed E-state index contributed by atoms with van der Waals surface area (Å²) in [6, 6.07) is 0. The molecule has 0 aromatic rings. The van der Waals surface area contributed by atoms with Crippen molar-refractivity contribution in [3.63, 3.8) is 0 Å². The lowest BCUT2D eigenvalue weighted by molar-refractivity contribution is -0.275. The van der Waals surface area contributed by atoms with Crippen molar-refractivity contribution >= 4 is 5.78 Å². The molecule has 0 amide bonds. The summed E-state index contributed by atoms with van der Waals surface area (Å²) in [5.41, 5.74) is -1.64. The Labute approximate surface area is 138 Å². The zero-order valence-electron chi connectivity index (χ0n) is 15.0. The summed E-state index contributed by atoms with van der Waals surface area (Å²) >= 11 is 0. The summed E-state index contributed by atoms with van der Waals surface area (Å²) in [7, 11) is 0. The second-order valence-electron chi connectivity index (χ2n) is 9.01. The minimum Gasteiger partial charge on any atom is -0.388 e. The molecular weight excluding hydrogens is 292 g/mol. The fraction of sp³-hybridized carbons (Fsp3) is 0.947. The Balaban J connectivity index is 1.71. The number of aliphatic hydroxyl groups is 1. The van der Waals surface area contributed by atoms with Gasteiger partial charge in [0.25, 0.3) is 0 Å². The van der Waals surface area contributed by atoms with Gasteiger partial charge in [-0.3, -0.25) is 4.79 Å². The lowest BCUT2D eigenvalue weighted by atomic mass is 9.65. The Hall–Kier alpha value is -0.450. The van der Waals surface area contributed by atoms with E-state index < -0.39 is 16.8 Å². The molecule has 2 aliphatic carbocycles. The van der Waals surface area contributed by atoms with Crippen LogP contribution in [0.5, 0.6) is 0 Å². The molecule has 4 heteroatoms. The third kappa shape index (κ3) is 1.65. The largest absolute Gasteiger partial charge is 0.388 e. The molecule has 3 unspecified atom stereocenters. The maximum absolute atomic E-state index is 13.1. The number of hydrogen-bond donors (Lipinski definition) is 1. The van der Waals surface area contributed by atoms with Gasteiger partial charge in [-0.2, -0.15) is 0 Å². The summed E-state index contributed by atoms with van der Waals surface area (Å²) < 4.78 is 12.6. The van der Waals surface area contributed by atoms with Gasteiger partial charge in [-0.1, -0.05) is 27.7 Å². The van der Waals surface area contributed by atoms with E-state index in [-0.39, 0.29) is 35.6 Å². The van der Waals surface area contributed by atoms with Crippen molar-refractivity contribution in [1.29, 1.82) is 0 Å². The average molecular weight is 322 g/mol. The van der Waals surface area contributed by atoms with Gasteiger partial charge in [-0.05, 0) is 25.2 Å². The highest BCUT2D eigenvalue weighted by atomic mass is 16.7. The number of carbonyl (C=O) groups excluding carboxylic acids is 1. The van der Waals surface area contributed by atoms with Crippen molar-refractivity contribution in [1.82, 2.24) is 0 Å². The molecular formula is C19H30O4. The highest BCUT2D eigenvalue weighted by Crippen LogP contribution is 2.68. The van der Waals surface area contributed by atoms with Crippen LogP contribution in [0.15, 0.2) is 0 Å². The highest BCUT2D eigenvalue weighted by Gasteiger charge is 2.77. The van der Waals surface area contributed by atoms with Crippen LogP contribution in [0.1, 0.15) is 53.9 Å². The monoisotopic (exact) mass is 322 g/mol. The molecule has 4 fully saturated rings. The number of ketones is 1. The third-order valence-electron chi connectivity index (χ3n) is 8.09. The van der Waals surface area contributed by atoms with Crippen molar-refractivity contribution < 1.29 is 19.4 Å². The molecule has 23 heavy (non-hydrogen) atoms. The lowest BCUT2D eigenvalue weighted by Gasteiger charge is -2.44. The van der Waals surface area contributed by atoms with Gasteiger partial charge in [-0.15, -0.1) is 0 Å². The Morgan fingerprint density at radius 1 is 1.17 bits per heavy atom. The molecule has 0 aromatic heterocycles. The van der Waals surface area contributed by atoms with E-state index in [2.05, 4.69) is 13.8 Å². The van der Waals surface area contributed by atoms with E-state index in [1.54, 1.807) is 0 Å². The van der Waals surface area contributed by atoms with Crippen LogP contribution in [0.25, 0.3) is 0 Å². The van der Waals surface area contributed by atoms with Gasteiger partial charge in [0.2, 0.25) is 0 Å². The summed E-state index contributed by atoms with van der Waals surface area (Å²) in [6.45, 7) is 11.1. The van der Waals surface area contributed by atoms with E-state index in [1.165, 1.54) is 0 Å². The van der Waals surface area contributed by atoms with E-state index in [0.29, 0.717) is 12.3 Å². The van der Waals surface area contributed by atoms with Gasteiger partial charge in [0.05, 0.1) is 23.7 Å². The number of carbonyl (C=O) groups is 1. The fourth-order valence-corrected chi connectivity index (χ4v) is 6.37. The molecule has 0 radical (unpaired) electrons. The molecule has 2 aliphatic heterocycles. The Morgan fingerprint density at radius 3 is 2.48 bits per heavy atom. The first-order chi connectivity index (χ1) is 10.7. The second kappa shape index (κ2) is 4.59. The zero-order chi connectivity index (χ0) is 16.8. The lowest BCUT2D eigenvalue weighted by Crippen LogP contribution is -2.52. The smallest absolute Gasteiger partial charge is 0.171 e. The van der Waals surface area contributed by atoms with Crippen LogP contribution in [0.4, 0.5) is 0 Å². The molecule has 9 atom stereocenters. The third-order valence-corrected chi connectivity index (χ3v) is 8.09. The quantitative estimate of drug-likeness (QED) is 0.745. The number of fused-ring (bicyclic) bond motifs is 3. The molecule has 4 aliphatic rings. The summed E-state index contributed by atoms with van der Waals surface area (Å²) in [6.07, 6.45) is 2.50. The van der Waals surface area contributed by atoms with Crippen LogP contribution in [0.3, 0.4) is 0 Å². The van der Waals surface area contributed by atoms with Gasteiger partial charge in [-0.25, -0.2) is 0 Å². The Kier molecular flexibility index (Phi) is 3.20. The standard InChI is InChI=1S/C19H30O4/c1-10-6-7-19(22-9-10)13(4)15-14(23-19)8-18(21)12(3)11(2)16(20)17(15,18)5/h10-15,21H,6-9H2,1-5H3/t10?,11?,12?,13-,14-,15-,17-,18-,19+/m0/s1. The maximum atomic E-state index is 13.1. The van der Waals surface area contributed by atoms with Crippen molar-refractivity contribution in [2.45, 2.75) is 71.4 Å². The molecule has 1 N–H and O–H groups in total. The van der Waals surface area contributed by atoms with Crippen molar-refractivity contribution in [3.05, 3.63) is 0 Å². The predicted molar refractivity (Wildman–Crippen MR) is 85.6 cm³/mol. The zero-order valence-corrected chi connectivity index (χ0v) is 15.0. The molecule has 4 nitrogen and oxygen atoms in total. The van der Waals surface area contributed by atoms with Crippen LogP contribution >= 0.6 is 0 Å². The van der Waals surface area contributed by atoms with Crippen LogP contribution in [0.2, 0.25) is 0 Å². The molecule has 1 spiro atoms. The maximum Gasteiger partial charge on any atom is 0.171 e.